The number of hydrogen-bond acceptors (Lipinski definition) is 4. The Balaban J connectivity index is 2.06. The third kappa shape index (κ3) is 4.33. The molecule has 2 aromatic rings. The first-order valence-corrected chi connectivity index (χ1v) is 7.33. The molecular weight excluding hydrogens is 254 g/mol. The SMILES string of the molecule is CNCc1cc(C)nc(CSc2cccc(C)c2)n1. The fourth-order valence-electron chi connectivity index (χ4n) is 1.89. The van der Waals surface area contributed by atoms with Crippen LogP contribution >= 0.6 is 11.8 Å². The summed E-state index contributed by atoms with van der Waals surface area (Å²) in [5.41, 5.74) is 3.36. The first kappa shape index (κ1) is 14.0. The van der Waals surface area contributed by atoms with Crippen LogP contribution < -0.4 is 5.32 Å². The quantitative estimate of drug-likeness (QED) is 0.850. The van der Waals surface area contributed by atoms with E-state index in [2.05, 4.69) is 46.5 Å². The number of aromatic nitrogens is 2. The Morgan fingerprint density at radius 2 is 2.00 bits per heavy atom. The molecule has 0 atom stereocenters. The van der Waals surface area contributed by atoms with Crippen LogP contribution in [-0.4, -0.2) is 17.0 Å². The highest BCUT2D eigenvalue weighted by Gasteiger charge is 2.03. The van der Waals surface area contributed by atoms with Crippen LogP contribution in [0, 0.1) is 13.8 Å². The second-order valence-electron chi connectivity index (χ2n) is 4.55. The van der Waals surface area contributed by atoms with Crippen LogP contribution in [-0.2, 0) is 12.3 Å². The smallest absolute Gasteiger partial charge is 0.139 e. The molecule has 0 bridgehead atoms. The highest BCUT2D eigenvalue weighted by Crippen LogP contribution is 2.22. The number of nitrogens with one attached hydrogen (secondary N) is 1. The number of benzene rings is 1. The molecule has 0 amide bonds. The molecule has 19 heavy (non-hydrogen) atoms. The van der Waals surface area contributed by atoms with E-state index in [-0.39, 0.29) is 0 Å². The zero-order valence-corrected chi connectivity index (χ0v) is 12.4. The van der Waals surface area contributed by atoms with E-state index in [1.54, 1.807) is 11.8 Å². The number of hydrogen-bond donors (Lipinski definition) is 1. The van der Waals surface area contributed by atoms with Crippen molar-refractivity contribution in [3.8, 4) is 0 Å². The minimum atomic E-state index is 0.783. The Hall–Kier alpha value is -1.39. The van der Waals surface area contributed by atoms with Gasteiger partial charge in [-0.3, -0.25) is 0 Å². The van der Waals surface area contributed by atoms with Gasteiger partial charge in [0.2, 0.25) is 0 Å². The van der Waals surface area contributed by atoms with Crippen molar-refractivity contribution in [2.24, 2.45) is 0 Å². The van der Waals surface area contributed by atoms with Gasteiger partial charge in [-0.25, -0.2) is 9.97 Å². The van der Waals surface area contributed by atoms with Crippen molar-refractivity contribution in [2.45, 2.75) is 31.0 Å². The van der Waals surface area contributed by atoms with E-state index in [1.165, 1.54) is 10.5 Å². The van der Waals surface area contributed by atoms with Crippen LogP contribution in [0.1, 0.15) is 22.8 Å². The lowest BCUT2D eigenvalue weighted by Crippen LogP contribution is -2.09. The molecule has 0 saturated carbocycles. The molecule has 0 radical (unpaired) electrons. The number of aryl methyl sites for hydroxylation is 2. The van der Waals surface area contributed by atoms with E-state index < -0.39 is 0 Å². The summed E-state index contributed by atoms with van der Waals surface area (Å²) in [6.45, 7) is 4.91. The Labute approximate surface area is 118 Å². The summed E-state index contributed by atoms with van der Waals surface area (Å²) in [6.07, 6.45) is 0. The minimum Gasteiger partial charge on any atom is -0.314 e. The summed E-state index contributed by atoms with van der Waals surface area (Å²) < 4.78 is 0. The van der Waals surface area contributed by atoms with Crippen LogP contribution in [0.5, 0.6) is 0 Å². The zero-order chi connectivity index (χ0) is 13.7. The molecular formula is C15H19N3S. The Morgan fingerprint density at radius 3 is 2.74 bits per heavy atom. The topological polar surface area (TPSA) is 37.8 Å². The van der Waals surface area contributed by atoms with Gasteiger partial charge in [-0.2, -0.15) is 0 Å². The van der Waals surface area contributed by atoms with Crippen molar-refractivity contribution in [3.63, 3.8) is 0 Å². The molecule has 1 aromatic carbocycles. The largest absolute Gasteiger partial charge is 0.314 e. The number of rotatable bonds is 5. The molecule has 4 heteroatoms. The molecule has 1 aromatic heterocycles. The molecule has 0 fully saturated rings. The average Bonchev–Trinajstić information content (AvgIpc) is 2.36. The first-order chi connectivity index (χ1) is 9.17. The van der Waals surface area contributed by atoms with Gasteiger partial charge in [-0.05, 0) is 39.1 Å². The monoisotopic (exact) mass is 273 g/mol. The van der Waals surface area contributed by atoms with Crippen molar-refractivity contribution in [3.05, 3.63) is 53.1 Å². The van der Waals surface area contributed by atoms with Gasteiger partial charge in [0.25, 0.3) is 0 Å². The van der Waals surface area contributed by atoms with E-state index in [0.717, 1.165) is 29.5 Å². The van der Waals surface area contributed by atoms with Crippen molar-refractivity contribution in [2.75, 3.05) is 7.05 Å². The lowest BCUT2D eigenvalue weighted by molar-refractivity contribution is 0.773. The van der Waals surface area contributed by atoms with Crippen molar-refractivity contribution in [1.29, 1.82) is 0 Å². The highest BCUT2D eigenvalue weighted by atomic mass is 32.2. The second-order valence-corrected chi connectivity index (χ2v) is 5.60. The second kappa shape index (κ2) is 6.68. The van der Waals surface area contributed by atoms with Crippen LogP contribution in [0.15, 0.2) is 35.2 Å². The summed E-state index contributed by atoms with van der Waals surface area (Å²) in [7, 11) is 1.93. The van der Waals surface area contributed by atoms with Gasteiger partial charge >= 0.3 is 0 Å². The van der Waals surface area contributed by atoms with E-state index in [1.807, 2.05) is 20.0 Å². The molecule has 0 aliphatic heterocycles. The Kier molecular flexibility index (Phi) is 4.93. The number of thioether (sulfide) groups is 1. The van der Waals surface area contributed by atoms with Gasteiger partial charge in [0.1, 0.15) is 5.82 Å². The standard InChI is InChI=1S/C15H19N3S/c1-11-5-4-6-14(7-11)19-10-15-17-12(2)8-13(18-15)9-16-3/h4-8,16H,9-10H2,1-3H3. The van der Waals surface area contributed by atoms with E-state index in [0.29, 0.717) is 0 Å². The Bertz CT molecular complexity index is 555. The maximum absolute atomic E-state index is 4.57. The normalized spacial score (nSPS) is 10.7. The van der Waals surface area contributed by atoms with E-state index in [9.17, 15) is 0 Å². The molecule has 1 N–H and O–H groups in total. The third-order valence-corrected chi connectivity index (χ3v) is 3.66. The minimum absolute atomic E-state index is 0.783. The zero-order valence-electron chi connectivity index (χ0n) is 11.6. The maximum atomic E-state index is 4.57. The lowest BCUT2D eigenvalue weighted by atomic mass is 10.2. The van der Waals surface area contributed by atoms with Gasteiger partial charge in [-0.15, -0.1) is 11.8 Å². The van der Waals surface area contributed by atoms with Crippen molar-refractivity contribution in [1.82, 2.24) is 15.3 Å². The fourth-order valence-corrected chi connectivity index (χ4v) is 2.76. The van der Waals surface area contributed by atoms with Crippen LogP contribution in [0.25, 0.3) is 0 Å². The van der Waals surface area contributed by atoms with Crippen LogP contribution in [0.4, 0.5) is 0 Å². The molecule has 0 unspecified atom stereocenters. The number of nitrogens with zero attached hydrogens (tertiary/aromatic N) is 2. The van der Waals surface area contributed by atoms with Gasteiger partial charge in [0.15, 0.2) is 0 Å². The van der Waals surface area contributed by atoms with Gasteiger partial charge in [0, 0.05) is 17.1 Å². The molecule has 0 aliphatic rings. The summed E-state index contributed by atoms with van der Waals surface area (Å²) in [4.78, 5) is 10.3. The van der Waals surface area contributed by atoms with E-state index in [4.69, 9.17) is 0 Å². The molecule has 1 heterocycles. The van der Waals surface area contributed by atoms with E-state index >= 15 is 0 Å². The molecule has 0 spiro atoms. The Morgan fingerprint density at radius 1 is 1.16 bits per heavy atom. The fraction of sp³-hybridized carbons (Fsp3) is 0.333. The lowest BCUT2D eigenvalue weighted by Gasteiger charge is -2.06. The van der Waals surface area contributed by atoms with Crippen LogP contribution in [0.2, 0.25) is 0 Å². The molecule has 3 nitrogen and oxygen atoms in total. The van der Waals surface area contributed by atoms with Crippen molar-refractivity contribution < 1.29 is 0 Å². The highest BCUT2D eigenvalue weighted by molar-refractivity contribution is 7.98. The summed E-state index contributed by atoms with van der Waals surface area (Å²) in [5.74, 6) is 1.71. The third-order valence-electron chi connectivity index (χ3n) is 2.67. The predicted octanol–water partition coefficient (Wildman–Crippen LogP) is 3.11. The van der Waals surface area contributed by atoms with Crippen LogP contribution in [0.3, 0.4) is 0 Å². The maximum Gasteiger partial charge on any atom is 0.139 e. The summed E-state index contributed by atoms with van der Waals surface area (Å²) >= 11 is 1.78. The van der Waals surface area contributed by atoms with Gasteiger partial charge in [-0.1, -0.05) is 17.7 Å². The van der Waals surface area contributed by atoms with Gasteiger partial charge < -0.3 is 5.32 Å². The summed E-state index contributed by atoms with van der Waals surface area (Å²) in [5, 5.41) is 3.12. The summed E-state index contributed by atoms with van der Waals surface area (Å²) in [6, 6.07) is 10.5. The van der Waals surface area contributed by atoms with Crippen molar-refractivity contribution >= 4 is 11.8 Å². The van der Waals surface area contributed by atoms with Gasteiger partial charge in [0.05, 0.1) is 11.4 Å². The predicted molar refractivity (Wildman–Crippen MR) is 80.3 cm³/mol. The molecule has 0 saturated heterocycles. The molecule has 2 rings (SSSR count). The average molecular weight is 273 g/mol. The molecule has 0 aliphatic carbocycles. The first-order valence-electron chi connectivity index (χ1n) is 6.35. The molecule has 100 valence electrons.